The third kappa shape index (κ3) is 9.57. The quantitative estimate of drug-likeness (QED) is 0.131. The summed E-state index contributed by atoms with van der Waals surface area (Å²) in [5.74, 6) is -0.0956. The number of piperidine rings is 1. The monoisotopic (exact) mass is 688 g/mol. The van der Waals surface area contributed by atoms with Crippen LogP contribution >= 0.6 is 0 Å². The Balaban J connectivity index is 1.28. The lowest BCUT2D eigenvalue weighted by molar-refractivity contribution is -0.145. The van der Waals surface area contributed by atoms with Gasteiger partial charge in [0.05, 0.1) is 0 Å². The number of hydrogen-bond acceptors (Lipinski definition) is 4. The van der Waals surface area contributed by atoms with Crippen LogP contribution in [0, 0.1) is 5.92 Å². The van der Waals surface area contributed by atoms with Gasteiger partial charge in [-0.2, -0.15) is 13.2 Å². The Labute approximate surface area is 296 Å². The van der Waals surface area contributed by atoms with E-state index in [0.29, 0.717) is 31.0 Å². The van der Waals surface area contributed by atoms with E-state index in [1.165, 1.54) is 23.8 Å². The van der Waals surface area contributed by atoms with Crippen LogP contribution in [0.15, 0.2) is 134 Å². The van der Waals surface area contributed by atoms with E-state index in [4.69, 9.17) is 0 Å². The second-order valence-electron chi connectivity index (χ2n) is 12.9. The maximum atomic E-state index is 14.5. The summed E-state index contributed by atoms with van der Waals surface area (Å²) >= 11 is 0. The molecular formula is C42H39F3N4O2. The number of pyridine rings is 2. The van der Waals surface area contributed by atoms with Gasteiger partial charge in [0, 0.05) is 50.7 Å². The van der Waals surface area contributed by atoms with Gasteiger partial charge in [0.25, 0.3) is 0 Å². The van der Waals surface area contributed by atoms with Gasteiger partial charge < -0.3 is 9.80 Å². The molecule has 0 spiro atoms. The minimum absolute atomic E-state index is 0.123. The molecule has 1 aliphatic rings. The number of halogens is 3. The molecule has 1 atom stereocenters. The number of benzene rings is 3. The van der Waals surface area contributed by atoms with Gasteiger partial charge in [-0.1, -0.05) is 97.1 Å². The summed E-state index contributed by atoms with van der Waals surface area (Å²) in [5, 5.41) is 0. The molecular weight excluding hydrogens is 649 g/mol. The zero-order valence-corrected chi connectivity index (χ0v) is 28.1. The van der Waals surface area contributed by atoms with E-state index < -0.39 is 23.8 Å². The number of rotatable bonds is 11. The number of carbonyl (C=O) groups excluding carboxylic acids is 2. The maximum absolute atomic E-state index is 14.5. The number of amides is 2. The number of nitrogens with zero attached hydrogens (tertiary/aromatic N) is 4. The van der Waals surface area contributed by atoms with Crippen LogP contribution in [-0.4, -0.2) is 50.7 Å². The van der Waals surface area contributed by atoms with Crippen molar-refractivity contribution < 1.29 is 22.8 Å². The van der Waals surface area contributed by atoms with Crippen LogP contribution in [0.25, 0.3) is 17.2 Å². The third-order valence-electron chi connectivity index (χ3n) is 9.31. The van der Waals surface area contributed by atoms with E-state index >= 15 is 0 Å². The number of alkyl halides is 3. The Hall–Kier alpha value is -5.57. The molecule has 3 heterocycles. The highest BCUT2D eigenvalue weighted by molar-refractivity contribution is 5.95. The topological polar surface area (TPSA) is 66.4 Å². The van der Waals surface area contributed by atoms with Crippen LogP contribution in [0.3, 0.4) is 0 Å². The molecule has 260 valence electrons. The van der Waals surface area contributed by atoms with Crippen molar-refractivity contribution in [3.05, 3.63) is 162 Å². The molecule has 51 heavy (non-hydrogen) atoms. The normalized spacial score (nSPS) is 14.4. The van der Waals surface area contributed by atoms with Crippen LogP contribution < -0.4 is 0 Å². The molecule has 0 aliphatic carbocycles. The molecule has 0 saturated carbocycles. The highest BCUT2D eigenvalue weighted by atomic mass is 19.4. The van der Waals surface area contributed by atoms with Crippen LogP contribution in [-0.2, 0) is 35.2 Å². The average molecular weight is 689 g/mol. The molecule has 0 bridgehead atoms. The lowest BCUT2D eigenvalue weighted by atomic mass is 9.89. The SMILES string of the molecule is O=C([C@H](Cc1ccccc1)N(Cc1ccc(-c2cccnc2)cc1)C(=O)C=Cc1ccc(C(F)(F)F)nc1)N1CCC(Cc2ccccc2)CC1. The van der Waals surface area contributed by atoms with Crippen LogP contribution in [0.2, 0.25) is 0 Å². The van der Waals surface area contributed by atoms with Crippen LogP contribution in [0.1, 0.15) is 40.8 Å². The lowest BCUT2D eigenvalue weighted by Gasteiger charge is -2.38. The fraction of sp³-hybridized carbons (Fsp3) is 0.238. The summed E-state index contributed by atoms with van der Waals surface area (Å²) in [7, 11) is 0. The molecule has 1 saturated heterocycles. The number of carbonyl (C=O) groups is 2. The summed E-state index contributed by atoms with van der Waals surface area (Å²) in [6.45, 7) is 1.34. The Morgan fingerprint density at radius 2 is 1.47 bits per heavy atom. The van der Waals surface area contributed by atoms with E-state index in [9.17, 15) is 22.8 Å². The highest BCUT2D eigenvalue weighted by Crippen LogP contribution is 2.28. The van der Waals surface area contributed by atoms with Crippen molar-refractivity contribution in [2.75, 3.05) is 13.1 Å². The van der Waals surface area contributed by atoms with E-state index in [2.05, 4.69) is 22.1 Å². The fourth-order valence-electron chi connectivity index (χ4n) is 6.49. The maximum Gasteiger partial charge on any atom is 0.433 e. The van der Waals surface area contributed by atoms with Gasteiger partial charge in [0.1, 0.15) is 11.7 Å². The lowest BCUT2D eigenvalue weighted by Crippen LogP contribution is -2.53. The predicted molar refractivity (Wildman–Crippen MR) is 192 cm³/mol. The van der Waals surface area contributed by atoms with E-state index in [-0.39, 0.29) is 12.5 Å². The molecule has 9 heteroatoms. The second kappa shape index (κ2) is 16.4. The summed E-state index contributed by atoms with van der Waals surface area (Å²) in [5.41, 5.74) is 4.27. The van der Waals surface area contributed by atoms with Crippen LogP contribution in [0.5, 0.6) is 0 Å². The first-order valence-electron chi connectivity index (χ1n) is 17.1. The first kappa shape index (κ1) is 35.3. The van der Waals surface area contributed by atoms with Gasteiger partial charge in [-0.25, -0.2) is 0 Å². The molecule has 6 nitrogen and oxygen atoms in total. The van der Waals surface area contributed by atoms with Gasteiger partial charge in [-0.3, -0.25) is 19.6 Å². The predicted octanol–water partition coefficient (Wildman–Crippen LogP) is 8.30. The highest BCUT2D eigenvalue weighted by Gasteiger charge is 2.35. The van der Waals surface area contributed by atoms with E-state index in [0.717, 1.165) is 53.8 Å². The Morgan fingerprint density at radius 1 is 0.784 bits per heavy atom. The largest absolute Gasteiger partial charge is 0.433 e. The third-order valence-corrected chi connectivity index (χ3v) is 9.31. The van der Waals surface area contributed by atoms with Crippen molar-refractivity contribution in [3.8, 4) is 11.1 Å². The van der Waals surface area contributed by atoms with E-state index in [1.54, 1.807) is 17.3 Å². The summed E-state index contributed by atoms with van der Waals surface area (Å²) in [4.78, 5) is 39.9. The molecule has 0 N–H and O–H groups in total. The van der Waals surface area contributed by atoms with Gasteiger partial charge >= 0.3 is 6.18 Å². The Bertz CT molecular complexity index is 1890. The Morgan fingerprint density at radius 3 is 2.08 bits per heavy atom. The fourth-order valence-corrected chi connectivity index (χ4v) is 6.49. The molecule has 2 aromatic heterocycles. The zero-order chi connectivity index (χ0) is 35.6. The minimum atomic E-state index is -4.57. The van der Waals surface area contributed by atoms with Crippen molar-refractivity contribution in [2.24, 2.45) is 5.92 Å². The summed E-state index contributed by atoms with van der Waals surface area (Å²) in [6, 6.07) is 33.0. The summed E-state index contributed by atoms with van der Waals surface area (Å²) < 4.78 is 39.3. The molecule has 1 aliphatic heterocycles. The first-order chi connectivity index (χ1) is 24.7. The molecule has 3 aromatic carbocycles. The average Bonchev–Trinajstić information content (AvgIpc) is 3.16. The second-order valence-corrected chi connectivity index (χ2v) is 12.9. The summed E-state index contributed by atoms with van der Waals surface area (Å²) in [6.07, 6.45) is 5.75. The van der Waals surface area contributed by atoms with Crippen molar-refractivity contribution in [1.82, 2.24) is 19.8 Å². The standard InChI is InChI=1S/C42H39F3N4O2/c43-42(44,45)39-19-15-34(28-47-39)16-20-40(50)49(30-35-13-17-36(18-14-35)37-12-7-23-46-29-37)38(27-32-10-5-2-6-11-32)41(51)48-24-21-33(22-25-48)26-31-8-3-1-4-9-31/h1-20,23,28-29,33,38H,21-22,24-27,30H2/t38-/m0/s1. The van der Waals surface area contributed by atoms with Crippen molar-refractivity contribution in [1.29, 1.82) is 0 Å². The number of likely N-dealkylation sites (tertiary alicyclic amines) is 1. The van der Waals surface area contributed by atoms with E-state index in [1.807, 2.05) is 89.8 Å². The molecule has 0 unspecified atom stereocenters. The van der Waals surface area contributed by atoms with Gasteiger partial charge in [0.15, 0.2) is 0 Å². The van der Waals surface area contributed by atoms with Gasteiger partial charge in [-0.05, 0) is 76.8 Å². The van der Waals surface area contributed by atoms with Crippen LogP contribution in [0.4, 0.5) is 13.2 Å². The minimum Gasteiger partial charge on any atom is -0.341 e. The van der Waals surface area contributed by atoms with Gasteiger partial charge in [-0.15, -0.1) is 0 Å². The first-order valence-corrected chi connectivity index (χ1v) is 17.1. The van der Waals surface area contributed by atoms with Crippen molar-refractivity contribution in [3.63, 3.8) is 0 Å². The number of hydrogen-bond donors (Lipinski definition) is 0. The Kier molecular flexibility index (Phi) is 11.4. The molecule has 5 aromatic rings. The molecule has 6 rings (SSSR count). The molecule has 0 radical (unpaired) electrons. The zero-order valence-electron chi connectivity index (χ0n) is 28.1. The van der Waals surface area contributed by atoms with Crippen molar-refractivity contribution in [2.45, 2.75) is 44.4 Å². The van der Waals surface area contributed by atoms with Gasteiger partial charge in [0.2, 0.25) is 11.8 Å². The smallest absolute Gasteiger partial charge is 0.341 e. The number of aromatic nitrogens is 2. The van der Waals surface area contributed by atoms with Crippen molar-refractivity contribution >= 4 is 17.9 Å². The molecule has 2 amide bonds. The molecule has 1 fully saturated rings.